The van der Waals surface area contributed by atoms with Gasteiger partial charge in [-0.15, -0.1) is 0 Å². The van der Waals surface area contributed by atoms with E-state index in [4.69, 9.17) is 0 Å². The molecule has 1 amide bonds. The van der Waals surface area contributed by atoms with Crippen molar-refractivity contribution in [1.29, 1.82) is 0 Å². The van der Waals surface area contributed by atoms with Gasteiger partial charge in [-0.2, -0.15) is 4.98 Å². The molecule has 2 heterocycles. The molecule has 1 aliphatic heterocycles. The van der Waals surface area contributed by atoms with Crippen LogP contribution in [0.4, 0.5) is 21.8 Å². The minimum absolute atomic E-state index is 0.281. The van der Waals surface area contributed by atoms with Crippen molar-refractivity contribution < 1.29 is 9.18 Å². The maximum absolute atomic E-state index is 13.4. The Morgan fingerprint density at radius 3 is 2.72 bits per heavy atom. The number of likely N-dealkylation sites (tertiary alicyclic amines) is 1. The number of nitrogens with zero attached hydrogens (tertiary/aromatic N) is 3. The molecule has 152 valence electrons. The molecule has 5 rings (SSSR count). The number of anilines is 3. The van der Waals surface area contributed by atoms with Crippen molar-refractivity contribution in [2.75, 3.05) is 30.3 Å². The highest BCUT2D eigenvalue weighted by molar-refractivity contribution is 5.80. The summed E-state index contributed by atoms with van der Waals surface area (Å²) in [5.41, 5.74) is 1.77. The van der Waals surface area contributed by atoms with Crippen LogP contribution in [-0.4, -0.2) is 40.4 Å². The molecule has 1 saturated heterocycles. The Morgan fingerprint density at radius 2 is 2.03 bits per heavy atom. The number of nitrogens with one attached hydrogen (secondary N) is 2. The van der Waals surface area contributed by atoms with Gasteiger partial charge in [-0.1, -0.05) is 12.5 Å². The average Bonchev–Trinajstić information content (AvgIpc) is 3.44. The van der Waals surface area contributed by atoms with Gasteiger partial charge in [0.25, 0.3) is 0 Å². The fourth-order valence-corrected chi connectivity index (χ4v) is 4.01. The van der Waals surface area contributed by atoms with Crippen LogP contribution in [0, 0.1) is 17.7 Å². The largest absolute Gasteiger partial charge is 0.369 e. The highest BCUT2D eigenvalue weighted by atomic mass is 19.1. The van der Waals surface area contributed by atoms with Gasteiger partial charge in [-0.25, -0.2) is 9.37 Å². The molecule has 2 N–H and O–H groups in total. The number of carbonyl (C=O) groups is 1. The van der Waals surface area contributed by atoms with E-state index in [1.165, 1.54) is 31.4 Å². The second-order valence-corrected chi connectivity index (χ2v) is 8.53. The van der Waals surface area contributed by atoms with Crippen LogP contribution in [0.3, 0.4) is 0 Å². The van der Waals surface area contributed by atoms with Gasteiger partial charge in [0.05, 0.1) is 0 Å². The molecule has 3 fully saturated rings. The van der Waals surface area contributed by atoms with E-state index in [1.807, 2.05) is 11.1 Å². The highest BCUT2D eigenvalue weighted by Crippen LogP contribution is 2.43. The first-order chi connectivity index (χ1) is 14.2. The van der Waals surface area contributed by atoms with Crippen LogP contribution in [0.1, 0.15) is 43.6 Å². The number of hydrogen-bond acceptors (Lipinski definition) is 5. The zero-order valence-electron chi connectivity index (χ0n) is 16.4. The summed E-state index contributed by atoms with van der Waals surface area (Å²) in [5.74, 6) is 2.62. The summed E-state index contributed by atoms with van der Waals surface area (Å²) in [6.07, 6.45) is 7.53. The Balaban J connectivity index is 1.21. The van der Waals surface area contributed by atoms with E-state index in [9.17, 15) is 9.18 Å². The fourth-order valence-electron chi connectivity index (χ4n) is 4.01. The first kappa shape index (κ1) is 18.3. The lowest BCUT2D eigenvalue weighted by molar-refractivity contribution is -0.144. The van der Waals surface area contributed by atoms with E-state index in [-0.39, 0.29) is 11.7 Å². The lowest BCUT2D eigenvalue weighted by Gasteiger charge is -2.42. The number of rotatable bonds is 7. The van der Waals surface area contributed by atoms with Crippen LogP contribution in [0.25, 0.3) is 0 Å². The summed E-state index contributed by atoms with van der Waals surface area (Å²) >= 11 is 0. The molecule has 2 aliphatic carbocycles. The van der Waals surface area contributed by atoms with Gasteiger partial charge in [0.1, 0.15) is 11.6 Å². The molecule has 0 bridgehead atoms. The van der Waals surface area contributed by atoms with Gasteiger partial charge in [0.15, 0.2) is 0 Å². The number of hydrogen-bond donors (Lipinski definition) is 2. The van der Waals surface area contributed by atoms with E-state index in [1.54, 1.807) is 12.1 Å². The molecule has 0 unspecified atom stereocenters. The molecule has 0 radical (unpaired) electrons. The SMILES string of the molecule is O=C(C1CCC1)N1CC(CNc2nc(Nc3cccc(F)c3)ncc2C2CC2)C1. The molecule has 6 nitrogen and oxygen atoms in total. The van der Waals surface area contributed by atoms with Gasteiger partial charge < -0.3 is 15.5 Å². The van der Waals surface area contributed by atoms with Gasteiger partial charge >= 0.3 is 0 Å². The van der Waals surface area contributed by atoms with Crippen LogP contribution in [0.15, 0.2) is 30.5 Å². The van der Waals surface area contributed by atoms with Crippen molar-refractivity contribution in [1.82, 2.24) is 14.9 Å². The summed E-state index contributed by atoms with van der Waals surface area (Å²) in [6.45, 7) is 2.46. The van der Waals surface area contributed by atoms with E-state index >= 15 is 0 Å². The summed E-state index contributed by atoms with van der Waals surface area (Å²) in [7, 11) is 0. The molecule has 2 saturated carbocycles. The third kappa shape index (κ3) is 4.04. The van der Waals surface area contributed by atoms with Gasteiger partial charge in [0.2, 0.25) is 11.9 Å². The molecule has 0 atom stereocenters. The molecule has 3 aliphatic rings. The molecule has 1 aromatic heterocycles. The minimum atomic E-state index is -0.297. The Kier molecular flexibility index (Phi) is 4.81. The van der Waals surface area contributed by atoms with Crippen molar-refractivity contribution in [3.05, 3.63) is 41.8 Å². The van der Waals surface area contributed by atoms with Gasteiger partial charge in [-0.3, -0.25) is 4.79 Å². The second kappa shape index (κ2) is 7.61. The van der Waals surface area contributed by atoms with Crippen LogP contribution in [0.5, 0.6) is 0 Å². The maximum Gasteiger partial charge on any atom is 0.229 e. The third-order valence-corrected chi connectivity index (χ3v) is 6.20. The van der Waals surface area contributed by atoms with Gasteiger partial charge in [-0.05, 0) is 49.8 Å². The predicted octanol–water partition coefficient (Wildman–Crippen LogP) is 3.91. The van der Waals surface area contributed by atoms with Gasteiger partial charge in [0, 0.05) is 48.9 Å². The zero-order valence-corrected chi connectivity index (χ0v) is 16.4. The van der Waals surface area contributed by atoms with Crippen molar-refractivity contribution in [3.8, 4) is 0 Å². The van der Waals surface area contributed by atoms with E-state index < -0.39 is 0 Å². The second-order valence-electron chi connectivity index (χ2n) is 8.53. The summed E-state index contributed by atoms with van der Waals surface area (Å²) in [5, 5.41) is 6.57. The number of carbonyl (C=O) groups excluding carboxylic acids is 1. The molecule has 1 aromatic carbocycles. The molecule has 7 heteroatoms. The predicted molar refractivity (Wildman–Crippen MR) is 110 cm³/mol. The summed E-state index contributed by atoms with van der Waals surface area (Å²) < 4.78 is 13.4. The Labute approximate surface area is 169 Å². The lowest BCUT2D eigenvalue weighted by Crippen LogP contribution is -2.54. The smallest absolute Gasteiger partial charge is 0.229 e. The van der Waals surface area contributed by atoms with E-state index in [2.05, 4.69) is 20.6 Å². The fraction of sp³-hybridized carbons (Fsp3) is 0.500. The van der Waals surface area contributed by atoms with Crippen LogP contribution in [0.2, 0.25) is 0 Å². The topological polar surface area (TPSA) is 70.2 Å². The Hall–Kier alpha value is -2.70. The lowest BCUT2D eigenvalue weighted by atomic mass is 9.83. The third-order valence-electron chi connectivity index (χ3n) is 6.20. The van der Waals surface area contributed by atoms with Crippen molar-refractivity contribution in [2.24, 2.45) is 11.8 Å². The van der Waals surface area contributed by atoms with E-state index in [0.717, 1.165) is 43.9 Å². The standard InChI is InChI=1S/C22H26FN5O/c23-17-5-2-6-18(9-17)26-22-25-11-19(15-7-8-15)20(27-22)24-10-14-12-28(13-14)21(29)16-3-1-4-16/h2,5-6,9,11,14-16H,1,3-4,7-8,10,12-13H2,(H2,24,25,26,27). The first-order valence-corrected chi connectivity index (χ1v) is 10.6. The minimum Gasteiger partial charge on any atom is -0.369 e. The monoisotopic (exact) mass is 395 g/mol. The number of halogens is 1. The first-order valence-electron chi connectivity index (χ1n) is 10.6. The maximum atomic E-state index is 13.4. The molecular formula is C22H26FN5O. The van der Waals surface area contributed by atoms with Crippen LogP contribution < -0.4 is 10.6 Å². The Morgan fingerprint density at radius 1 is 1.21 bits per heavy atom. The molecule has 2 aromatic rings. The average molecular weight is 395 g/mol. The normalized spacial score (nSPS) is 19.4. The quantitative estimate of drug-likeness (QED) is 0.744. The van der Waals surface area contributed by atoms with Crippen LogP contribution in [-0.2, 0) is 4.79 Å². The van der Waals surface area contributed by atoms with Crippen molar-refractivity contribution in [3.63, 3.8) is 0 Å². The molecule has 29 heavy (non-hydrogen) atoms. The van der Waals surface area contributed by atoms with Crippen molar-refractivity contribution >= 4 is 23.4 Å². The number of aromatic nitrogens is 2. The Bertz CT molecular complexity index is 906. The van der Waals surface area contributed by atoms with Crippen molar-refractivity contribution in [2.45, 2.75) is 38.0 Å². The van der Waals surface area contributed by atoms with Crippen LogP contribution >= 0.6 is 0 Å². The summed E-state index contributed by atoms with van der Waals surface area (Å²) in [4.78, 5) is 23.3. The molecular weight excluding hydrogens is 369 g/mol. The highest BCUT2D eigenvalue weighted by Gasteiger charge is 2.36. The number of amides is 1. The zero-order chi connectivity index (χ0) is 19.8. The molecule has 0 spiro atoms. The summed E-state index contributed by atoms with van der Waals surface area (Å²) in [6, 6.07) is 6.28. The number of benzene rings is 1. The van der Waals surface area contributed by atoms with E-state index in [0.29, 0.717) is 29.4 Å².